The Bertz CT molecular complexity index is 1950. The van der Waals surface area contributed by atoms with Crippen LogP contribution in [0.1, 0.15) is 99.4 Å². The lowest BCUT2D eigenvalue weighted by atomic mass is 9.50. The van der Waals surface area contributed by atoms with Gasteiger partial charge in [-0.05, 0) is 70.2 Å². The number of alkyl carbamates (subject to hydrolysis) is 1. The first-order valence-corrected chi connectivity index (χ1v) is 20.5. The number of allylic oxidation sites excluding steroid dienone is 1. The minimum atomic E-state index is -2.51. The maximum Gasteiger partial charge on any atom is 0.407 e. The fraction of sp³-hybridized carbons (Fsp3) is 0.644. The highest BCUT2D eigenvalue weighted by atomic mass is 16.7. The molecule has 1 fully saturated rings. The predicted molar refractivity (Wildman–Crippen MR) is 220 cm³/mol. The van der Waals surface area contributed by atoms with E-state index >= 15 is 4.79 Å². The molecule has 0 aliphatic heterocycles. The van der Waals surface area contributed by atoms with Gasteiger partial charge in [-0.15, -0.1) is 0 Å². The monoisotopic (exact) mass is 873 g/mol. The van der Waals surface area contributed by atoms with Gasteiger partial charge in [0, 0.05) is 45.5 Å². The number of aliphatic hydroxyl groups is 3. The molecule has 9 atom stereocenters. The molecule has 1 amide bonds. The number of carbonyl (C=O) groups is 6. The van der Waals surface area contributed by atoms with Crippen molar-refractivity contribution in [2.24, 2.45) is 22.7 Å². The molecule has 0 unspecified atom stereocenters. The molecular formula is C45H63NO16. The van der Waals surface area contributed by atoms with Gasteiger partial charge in [-0.3, -0.25) is 14.4 Å². The molecule has 344 valence electrons. The fourth-order valence-corrected chi connectivity index (χ4v) is 9.24. The number of methoxy groups -OCH3 is 2. The Kier molecular flexibility index (Phi) is 15.0. The summed E-state index contributed by atoms with van der Waals surface area (Å²) in [5.41, 5.74) is -9.54. The molecule has 3 aliphatic carbocycles. The molecule has 4 rings (SSSR count). The van der Waals surface area contributed by atoms with Gasteiger partial charge >= 0.3 is 30.0 Å². The standard InChI is InChI=1S/C45H63NO16/c1-23(2)19-29(46-40(53)62-41(6,7)8)32(49)38(52)60-30-21-45(55)36(61-37(51)27-17-15-14-16-18-27)34-43(11,20-28(39(56-12)57-13)44(34,54)22-58-25(4)47)35(50)33(59-26(5)48)31(24(30)3)42(45,9)10/h14-18,20,23,29-30,32-34,36,39,49,54-55H,19,21-22H2,1-13H3,(H,46,53)/t29-,30+,32-,33-,34+,36+,43-,44-,45-/m1/s1. The van der Waals surface area contributed by atoms with E-state index in [9.17, 15) is 39.3 Å². The van der Waals surface area contributed by atoms with Crippen molar-refractivity contribution < 1.29 is 77.2 Å². The first-order chi connectivity index (χ1) is 28.6. The Morgan fingerprint density at radius 3 is 2.03 bits per heavy atom. The molecule has 17 heteroatoms. The third-order valence-corrected chi connectivity index (χ3v) is 12.1. The normalized spacial score (nSPS) is 29.1. The van der Waals surface area contributed by atoms with Crippen LogP contribution in [0.3, 0.4) is 0 Å². The molecule has 2 bridgehead atoms. The van der Waals surface area contributed by atoms with Crippen LogP contribution >= 0.6 is 0 Å². The number of Topliss-reactive ketones (excluding diaryl/α,β-unsaturated/α-hetero) is 1. The van der Waals surface area contributed by atoms with Crippen LogP contribution in [0.15, 0.2) is 53.1 Å². The van der Waals surface area contributed by atoms with Crippen molar-refractivity contribution in [1.82, 2.24) is 5.32 Å². The van der Waals surface area contributed by atoms with Gasteiger partial charge in [0.25, 0.3) is 0 Å². The maximum absolute atomic E-state index is 15.5. The van der Waals surface area contributed by atoms with E-state index in [1.165, 1.54) is 60.1 Å². The van der Waals surface area contributed by atoms with Crippen LogP contribution < -0.4 is 5.32 Å². The first kappa shape index (κ1) is 50.0. The summed E-state index contributed by atoms with van der Waals surface area (Å²) in [5, 5.41) is 40.8. The molecule has 1 aromatic rings. The lowest BCUT2D eigenvalue weighted by molar-refractivity contribution is -0.231. The molecule has 0 saturated heterocycles. The van der Waals surface area contributed by atoms with E-state index in [1.807, 2.05) is 13.8 Å². The summed E-state index contributed by atoms with van der Waals surface area (Å²) in [4.78, 5) is 82.1. The van der Waals surface area contributed by atoms with Gasteiger partial charge in [-0.1, -0.05) is 52.0 Å². The van der Waals surface area contributed by atoms with Gasteiger partial charge < -0.3 is 53.8 Å². The number of carbonyl (C=O) groups excluding carboxylic acids is 6. The SMILES string of the molecule is COC(OC)C1=C[C@@]2(C)C(=O)[C@H](OC(C)=O)C3=C(C)[C@@H](OC(=O)[C@H](O)[C@@H](CC(C)C)NC(=O)OC(C)(C)C)C[C@@](O)([C@@H](OC(=O)c4ccccc4)[C@@H]2[C@@]1(O)COC(C)=O)C3(C)C. The molecule has 0 spiro atoms. The summed E-state index contributed by atoms with van der Waals surface area (Å²) in [7, 11) is 2.53. The van der Waals surface area contributed by atoms with Crippen LogP contribution in [0.5, 0.6) is 0 Å². The smallest absolute Gasteiger partial charge is 0.407 e. The van der Waals surface area contributed by atoms with Crippen molar-refractivity contribution in [3.8, 4) is 0 Å². The number of nitrogens with one attached hydrogen (secondary N) is 1. The van der Waals surface area contributed by atoms with E-state index < -0.39 is 119 Å². The number of hydrogen-bond donors (Lipinski definition) is 4. The molecule has 17 nitrogen and oxygen atoms in total. The third-order valence-electron chi connectivity index (χ3n) is 12.1. The minimum Gasteiger partial charge on any atom is -0.462 e. The van der Waals surface area contributed by atoms with Crippen molar-refractivity contribution in [3.63, 3.8) is 0 Å². The van der Waals surface area contributed by atoms with Crippen molar-refractivity contribution in [1.29, 1.82) is 0 Å². The number of hydrogen-bond acceptors (Lipinski definition) is 16. The molecule has 4 N–H and O–H groups in total. The Morgan fingerprint density at radius 2 is 1.52 bits per heavy atom. The number of esters is 4. The van der Waals surface area contributed by atoms with E-state index in [-0.39, 0.29) is 34.6 Å². The van der Waals surface area contributed by atoms with Crippen LogP contribution in [-0.4, -0.2) is 125 Å². The largest absolute Gasteiger partial charge is 0.462 e. The van der Waals surface area contributed by atoms with Gasteiger partial charge in [0.2, 0.25) is 0 Å². The number of ketones is 1. The van der Waals surface area contributed by atoms with Crippen molar-refractivity contribution in [3.05, 3.63) is 58.7 Å². The summed E-state index contributed by atoms with van der Waals surface area (Å²) >= 11 is 0. The van der Waals surface area contributed by atoms with Crippen molar-refractivity contribution >= 4 is 35.8 Å². The predicted octanol–water partition coefficient (Wildman–Crippen LogP) is 3.89. The maximum atomic E-state index is 15.5. The molecule has 0 radical (unpaired) electrons. The van der Waals surface area contributed by atoms with Gasteiger partial charge in [0.1, 0.15) is 35.6 Å². The highest BCUT2D eigenvalue weighted by Crippen LogP contribution is 2.63. The number of aliphatic hydroxyl groups excluding tert-OH is 1. The highest BCUT2D eigenvalue weighted by molar-refractivity contribution is 5.97. The summed E-state index contributed by atoms with van der Waals surface area (Å²) in [6.07, 6.45) is -8.68. The lowest BCUT2D eigenvalue weighted by Crippen LogP contribution is -2.71. The van der Waals surface area contributed by atoms with Crippen molar-refractivity contribution in [2.75, 3.05) is 20.8 Å². The van der Waals surface area contributed by atoms with Crippen LogP contribution in [-0.2, 0) is 52.3 Å². The first-order valence-electron chi connectivity index (χ1n) is 20.5. The average Bonchev–Trinajstić information content (AvgIpc) is 3.39. The summed E-state index contributed by atoms with van der Waals surface area (Å²) in [6, 6.07) is 6.53. The quantitative estimate of drug-likeness (QED) is 0.0897. The topological polar surface area (TPSA) is 240 Å². The summed E-state index contributed by atoms with van der Waals surface area (Å²) in [5.74, 6) is -6.69. The van der Waals surface area contributed by atoms with Crippen LogP contribution in [0.2, 0.25) is 0 Å². The van der Waals surface area contributed by atoms with Crippen LogP contribution in [0, 0.1) is 22.7 Å². The second kappa shape index (κ2) is 18.6. The second-order valence-corrected chi connectivity index (χ2v) is 18.5. The molecular weight excluding hydrogens is 810 g/mol. The van der Waals surface area contributed by atoms with E-state index in [0.717, 1.165) is 13.8 Å². The Balaban J connectivity index is 2.03. The number of ether oxygens (including phenoxy) is 7. The molecule has 0 aromatic heterocycles. The zero-order valence-corrected chi connectivity index (χ0v) is 37.9. The number of fused-ring (bicyclic) bond motifs is 3. The van der Waals surface area contributed by atoms with Gasteiger partial charge in [0.15, 0.2) is 24.3 Å². The van der Waals surface area contributed by atoms with E-state index in [0.29, 0.717) is 0 Å². The lowest BCUT2D eigenvalue weighted by Gasteiger charge is -2.59. The number of rotatable bonds is 14. The van der Waals surface area contributed by atoms with Gasteiger partial charge in [-0.2, -0.15) is 0 Å². The van der Waals surface area contributed by atoms with E-state index in [4.69, 9.17) is 33.2 Å². The van der Waals surface area contributed by atoms with Crippen molar-refractivity contribution in [2.45, 2.75) is 143 Å². The molecule has 3 aliphatic rings. The number of amides is 1. The van der Waals surface area contributed by atoms with Gasteiger partial charge in [0.05, 0.1) is 22.9 Å². The van der Waals surface area contributed by atoms with Crippen LogP contribution in [0.4, 0.5) is 4.79 Å². The zero-order chi connectivity index (χ0) is 46.9. The molecule has 0 heterocycles. The zero-order valence-electron chi connectivity index (χ0n) is 37.9. The Labute approximate surface area is 362 Å². The Morgan fingerprint density at radius 1 is 0.919 bits per heavy atom. The third kappa shape index (κ3) is 9.76. The highest BCUT2D eigenvalue weighted by Gasteiger charge is 2.74. The molecule has 62 heavy (non-hydrogen) atoms. The van der Waals surface area contributed by atoms with E-state index in [2.05, 4.69) is 5.32 Å². The second-order valence-electron chi connectivity index (χ2n) is 18.5. The fourth-order valence-electron chi connectivity index (χ4n) is 9.24. The van der Waals surface area contributed by atoms with Gasteiger partial charge in [-0.25, -0.2) is 14.4 Å². The summed E-state index contributed by atoms with van der Waals surface area (Å²) in [6.45, 7) is 15.9. The average molecular weight is 874 g/mol. The minimum absolute atomic E-state index is 0.00908. The van der Waals surface area contributed by atoms with E-state index in [1.54, 1.807) is 39.0 Å². The van der Waals surface area contributed by atoms with Crippen LogP contribution in [0.25, 0.3) is 0 Å². The number of benzene rings is 1. The summed E-state index contributed by atoms with van der Waals surface area (Å²) < 4.78 is 40.2. The Hall–Kier alpha value is -4.68. The molecule has 1 aromatic carbocycles. The molecule has 1 saturated carbocycles.